The highest BCUT2D eigenvalue weighted by Gasteiger charge is 2.17. The van der Waals surface area contributed by atoms with Crippen molar-refractivity contribution in [2.24, 2.45) is 0 Å². The van der Waals surface area contributed by atoms with Gasteiger partial charge >= 0.3 is 0 Å². The molecule has 2 rings (SSSR count). The van der Waals surface area contributed by atoms with E-state index in [-0.39, 0.29) is 4.90 Å². The smallest absolute Gasteiger partial charge is 0.214 e. The molecule has 0 radical (unpaired) electrons. The van der Waals surface area contributed by atoms with Gasteiger partial charge in [-0.15, -0.1) is 11.3 Å². The van der Waals surface area contributed by atoms with Gasteiger partial charge in [-0.25, -0.2) is 17.5 Å². The monoisotopic (exact) mass is 245 g/mol. The van der Waals surface area contributed by atoms with Gasteiger partial charge in [0.25, 0.3) is 0 Å². The normalized spacial score (nSPS) is 12.1. The van der Waals surface area contributed by atoms with Crippen molar-refractivity contribution in [3.63, 3.8) is 0 Å². The largest absolute Gasteiger partial charge is 0.241 e. The Morgan fingerprint density at radius 1 is 1.40 bits per heavy atom. The Hall–Kier alpha value is -0.980. The third-order valence-electron chi connectivity index (χ3n) is 2.06. The fraction of sp³-hybridized carbons (Fsp3) is 0.111. The van der Waals surface area contributed by atoms with Gasteiger partial charge in [0.2, 0.25) is 10.0 Å². The number of thiophene rings is 1. The Labute approximate surface area is 90.6 Å². The van der Waals surface area contributed by atoms with Crippen LogP contribution in [-0.4, -0.2) is 15.5 Å². The van der Waals surface area contributed by atoms with E-state index in [2.05, 4.69) is 4.72 Å². The quantitative estimate of drug-likeness (QED) is 0.879. The van der Waals surface area contributed by atoms with Gasteiger partial charge in [0.05, 0.1) is 0 Å². The van der Waals surface area contributed by atoms with Gasteiger partial charge in [-0.3, -0.25) is 0 Å². The zero-order valence-corrected chi connectivity index (χ0v) is 9.45. The molecule has 1 aromatic heterocycles. The first-order valence-corrected chi connectivity index (χ1v) is 6.51. The summed E-state index contributed by atoms with van der Waals surface area (Å²) in [5.41, 5.74) is 0. The molecule has 15 heavy (non-hydrogen) atoms. The van der Waals surface area contributed by atoms with Gasteiger partial charge in [-0.2, -0.15) is 0 Å². The molecule has 0 aliphatic carbocycles. The van der Waals surface area contributed by atoms with Crippen molar-refractivity contribution in [3.05, 3.63) is 29.4 Å². The highest BCUT2D eigenvalue weighted by molar-refractivity contribution is 7.89. The molecular formula is C9H8FNO2S2. The number of rotatable bonds is 2. The maximum absolute atomic E-state index is 13.0. The molecule has 0 aliphatic rings. The molecular weight excluding hydrogens is 237 g/mol. The Morgan fingerprint density at radius 3 is 2.80 bits per heavy atom. The van der Waals surface area contributed by atoms with Crippen LogP contribution in [0.1, 0.15) is 0 Å². The molecule has 0 bridgehead atoms. The van der Waals surface area contributed by atoms with Crippen molar-refractivity contribution in [2.45, 2.75) is 4.90 Å². The van der Waals surface area contributed by atoms with Gasteiger partial charge < -0.3 is 0 Å². The van der Waals surface area contributed by atoms with Crippen LogP contribution in [-0.2, 0) is 10.0 Å². The van der Waals surface area contributed by atoms with Gasteiger partial charge in [0, 0.05) is 15.5 Å². The Balaban J connectivity index is 2.78. The van der Waals surface area contributed by atoms with Crippen molar-refractivity contribution in [1.82, 2.24) is 4.72 Å². The Kier molecular flexibility index (Phi) is 2.49. The van der Waals surface area contributed by atoms with E-state index in [4.69, 9.17) is 0 Å². The molecule has 0 amide bonds. The van der Waals surface area contributed by atoms with Crippen LogP contribution >= 0.6 is 11.3 Å². The van der Waals surface area contributed by atoms with Gasteiger partial charge in [0.15, 0.2) is 0 Å². The fourth-order valence-electron chi connectivity index (χ4n) is 1.30. The average Bonchev–Trinajstić information content (AvgIpc) is 2.61. The molecule has 2 aromatic rings. The summed E-state index contributed by atoms with van der Waals surface area (Å²) in [7, 11) is -2.17. The average molecular weight is 245 g/mol. The molecule has 1 heterocycles. The summed E-state index contributed by atoms with van der Waals surface area (Å²) in [5.74, 6) is -0.437. The molecule has 0 unspecified atom stereocenters. The maximum Gasteiger partial charge on any atom is 0.241 e. The molecule has 1 N–H and O–H groups in total. The van der Waals surface area contributed by atoms with Crippen molar-refractivity contribution in [3.8, 4) is 0 Å². The highest BCUT2D eigenvalue weighted by atomic mass is 32.2. The number of hydrogen-bond donors (Lipinski definition) is 1. The molecule has 0 fully saturated rings. The minimum absolute atomic E-state index is 0.129. The first kappa shape index (κ1) is 10.5. The third-order valence-corrected chi connectivity index (χ3v) is 4.63. The van der Waals surface area contributed by atoms with Crippen molar-refractivity contribution < 1.29 is 12.8 Å². The van der Waals surface area contributed by atoms with E-state index < -0.39 is 15.8 Å². The molecule has 0 spiro atoms. The molecule has 0 saturated carbocycles. The van der Waals surface area contributed by atoms with E-state index in [9.17, 15) is 12.8 Å². The first-order chi connectivity index (χ1) is 7.04. The zero-order valence-electron chi connectivity index (χ0n) is 7.82. The minimum atomic E-state index is -3.50. The summed E-state index contributed by atoms with van der Waals surface area (Å²) in [5, 5.41) is 1.94. The van der Waals surface area contributed by atoms with Crippen molar-refractivity contribution >= 4 is 31.4 Å². The SMILES string of the molecule is CNS(=O)(=O)c1csc2ccc(F)cc12. The van der Waals surface area contributed by atoms with Crippen molar-refractivity contribution in [1.29, 1.82) is 0 Å². The molecule has 6 heteroatoms. The molecule has 0 aliphatic heterocycles. The van der Waals surface area contributed by atoms with Gasteiger partial charge in [-0.05, 0) is 25.2 Å². The number of fused-ring (bicyclic) bond motifs is 1. The maximum atomic E-state index is 13.0. The minimum Gasteiger partial charge on any atom is -0.214 e. The van der Waals surface area contributed by atoms with Gasteiger partial charge in [-0.1, -0.05) is 0 Å². The molecule has 80 valence electrons. The van der Waals surface area contributed by atoms with E-state index >= 15 is 0 Å². The second kappa shape index (κ2) is 3.55. The van der Waals surface area contributed by atoms with Crippen LogP contribution in [0.5, 0.6) is 0 Å². The lowest BCUT2D eigenvalue weighted by molar-refractivity contribution is 0.589. The van der Waals surface area contributed by atoms with Gasteiger partial charge in [0.1, 0.15) is 10.7 Å². The predicted molar refractivity (Wildman–Crippen MR) is 58.0 cm³/mol. The van der Waals surface area contributed by atoms with E-state index in [0.29, 0.717) is 5.39 Å². The number of halogens is 1. The Bertz CT molecular complexity index is 604. The second-order valence-electron chi connectivity index (χ2n) is 2.95. The molecule has 3 nitrogen and oxygen atoms in total. The summed E-state index contributed by atoms with van der Waals surface area (Å²) in [4.78, 5) is 0.129. The lowest BCUT2D eigenvalue weighted by Gasteiger charge is -1.99. The number of nitrogens with one attached hydrogen (secondary N) is 1. The van der Waals surface area contributed by atoms with Crippen LogP contribution in [0, 0.1) is 5.82 Å². The summed E-state index contributed by atoms with van der Waals surface area (Å²) in [6.45, 7) is 0. The summed E-state index contributed by atoms with van der Waals surface area (Å²) >= 11 is 1.28. The van der Waals surface area contributed by atoms with E-state index in [1.165, 1.54) is 35.9 Å². The molecule has 1 aromatic carbocycles. The Morgan fingerprint density at radius 2 is 2.13 bits per heavy atom. The van der Waals surface area contributed by atoms with Crippen LogP contribution in [0.25, 0.3) is 10.1 Å². The highest BCUT2D eigenvalue weighted by Crippen LogP contribution is 2.29. The van der Waals surface area contributed by atoms with Crippen LogP contribution in [0.2, 0.25) is 0 Å². The summed E-state index contributed by atoms with van der Waals surface area (Å²) in [6, 6.07) is 4.12. The lowest BCUT2D eigenvalue weighted by Crippen LogP contribution is -2.18. The van der Waals surface area contributed by atoms with Crippen LogP contribution in [0.4, 0.5) is 4.39 Å². The number of hydrogen-bond acceptors (Lipinski definition) is 3. The third kappa shape index (κ3) is 1.75. The predicted octanol–water partition coefficient (Wildman–Crippen LogP) is 1.95. The summed E-state index contributed by atoms with van der Waals surface area (Å²) < 4.78 is 39.1. The summed E-state index contributed by atoms with van der Waals surface area (Å²) in [6.07, 6.45) is 0. The standard InChI is InChI=1S/C9H8FNO2S2/c1-11-15(12,13)9-5-14-8-3-2-6(10)4-7(8)9/h2-5,11H,1H3. The van der Waals surface area contributed by atoms with Crippen LogP contribution < -0.4 is 4.72 Å². The lowest BCUT2D eigenvalue weighted by atomic mass is 10.2. The second-order valence-corrected chi connectivity index (χ2v) is 5.71. The van der Waals surface area contributed by atoms with E-state index in [0.717, 1.165) is 4.70 Å². The molecule has 0 atom stereocenters. The zero-order chi connectivity index (χ0) is 11.1. The van der Waals surface area contributed by atoms with Crippen LogP contribution in [0.3, 0.4) is 0 Å². The first-order valence-electron chi connectivity index (χ1n) is 4.15. The number of benzene rings is 1. The molecule has 0 saturated heterocycles. The fourth-order valence-corrected chi connectivity index (χ4v) is 3.49. The van der Waals surface area contributed by atoms with E-state index in [1.54, 1.807) is 6.07 Å². The van der Waals surface area contributed by atoms with E-state index in [1.807, 2.05) is 0 Å². The van der Waals surface area contributed by atoms with Crippen molar-refractivity contribution in [2.75, 3.05) is 7.05 Å². The van der Waals surface area contributed by atoms with Crippen LogP contribution in [0.15, 0.2) is 28.5 Å². The topological polar surface area (TPSA) is 46.2 Å². The number of sulfonamides is 1.